The normalized spacial score (nSPS) is 11.4. The molecule has 4 nitrogen and oxygen atoms in total. The average Bonchev–Trinajstić information content (AvgIpc) is 2.14. The van der Waals surface area contributed by atoms with Crippen molar-refractivity contribution in [1.29, 1.82) is 0 Å². The van der Waals surface area contributed by atoms with Crippen LogP contribution in [0, 0.1) is 15.9 Å². The third kappa shape index (κ3) is 2.58. The number of nitro benzene ring substituents is 1. The standard InChI is InChI=1S/C9H5F4NO3/c1-4(15)6-2-5(9(11,12)13)3-7(8(6)10)14(16)17/h2-3H,1H3. The maximum absolute atomic E-state index is 13.3. The van der Waals surface area contributed by atoms with Gasteiger partial charge in [0, 0.05) is 6.07 Å². The first-order valence-electron chi connectivity index (χ1n) is 4.20. The minimum Gasteiger partial charge on any atom is -0.294 e. The highest BCUT2D eigenvalue weighted by Crippen LogP contribution is 2.34. The lowest BCUT2D eigenvalue weighted by Crippen LogP contribution is -2.10. The second kappa shape index (κ2) is 4.11. The Morgan fingerprint density at radius 2 is 1.88 bits per heavy atom. The van der Waals surface area contributed by atoms with Crippen molar-refractivity contribution in [1.82, 2.24) is 0 Å². The van der Waals surface area contributed by atoms with E-state index < -0.39 is 39.5 Å². The summed E-state index contributed by atoms with van der Waals surface area (Å²) in [5, 5.41) is 10.4. The molecule has 0 aliphatic heterocycles. The zero-order valence-corrected chi connectivity index (χ0v) is 8.34. The second-order valence-corrected chi connectivity index (χ2v) is 3.17. The zero-order valence-electron chi connectivity index (χ0n) is 8.34. The molecule has 0 aromatic heterocycles. The first-order chi connectivity index (χ1) is 7.64. The summed E-state index contributed by atoms with van der Waals surface area (Å²) >= 11 is 0. The van der Waals surface area contributed by atoms with Gasteiger partial charge in [0.25, 0.3) is 0 Å². The van der Waals surface area contributed by atoms with Gasteiger partial charge in [0.05, 0.1) is 16.1 Å². The van der Waals surface area contributed by atoms with Crippen molar-refractivity contribution in [3.8, 4) is 0 Å². The van der Waals surface area contributed by atoms with Gasteiger partial charge >= 0.3 is 11.9 Å². The van der Waals surface area contributed by atoms with Gasteiger partial charge in [0.2, 0.25) is 5.82 Å². The van der Waals surface area contributed by atoms with Gasteiger partial charge in [-0.25, -0.2) is 0 Å². The van der Waals surface area contributed by atoms with Crippen molar-refractivity contribution < 1.29 is 27.3 Å². The van der Waals surface area contributed by atoms with Crippen LogP contribution in [0.5, 0.6) is 0 Å². The van der Waals surface area contributed by atoms with Crippen LogP contribution in [0.3, 0.4) is 0 Å². The fourth-order valence-electron chi connectivity index (χ4n) is 1.16. The molecule has 0 aliphatic rings. The number of carbonyl (C=O) groups is 1. The maximum Gasteiger partial charge on any atom is 0.416 e. The summed E-state index contributed by atoms with van der Waals surface area (Å²) in [6.45, 7) is 0.822. The highest BCUT2D eigenvalue weighted by atomic mass is 19.4. The lowest BCUT2D eigenvalue weighted by Gasteiger charge is -2.08. The van der Waals surface area contributed by atoms with Crippen LogP contribution in [0.4, 0.5) is 23.2 Å². The van der Waals surface area contributed by atoms with Crippen LogP contribution < -0.4 is 0 Å². The Kier molecular flexibility index (Phi) is 3.16. The molecule has 1 aromatic carbocycles. The number of hydrogen-bond donors (Lipinski definition) is 0. The number of halogens is 4. The molecule has 0 saturated carbocycles. The Hall–Kier alpha value is -1.99. The van der Waals surface area contributed by atoms with Crippen molar-refractivity contribution in [3.05, 3.63) is 39.2 Å². The molecule has 0 aliphatic carbocycles. The molecule has 0 bridgehead atoms. The molecule has 0 saturated heterocycles. The summed E-state index contributed by atoms with van der Waals surface area (Å²) in [6, 6.07) is 0.312. The van der Waals surface area contributed by atoms with Crippen LogP contribution in [0.25, 0.3) is 0 Å². The molecule has 0 atom stereocenters. The molecule has 17 heavy (non-hydrogen) atoms. The fourth-order valence-corrected chi connectivity index (χ4v) is 1.16. The topological polar surface area (TPSA) is 60.2 Å². The maximum atomic E-state index is 13.3. The second-order valence-electron chi connectivity index (χ2n) is 3.17. The Morgan fingerprint density at radius 1 is 1.35 bits per heavy atom. The largest absolute Gasteiger partial charge is 0.416 e. The lowest BCUT2D eigenvalue weighted by atomic mass is 10.1. The minimum atomic E-state index is -4.89. The summed E-state index contributed by atoms with van der Waals surface area (Å²) in [6.07, 6.45) is -4.89. The van der Waals surface area contributed by atoms with Crippen molar-refractivity contribution in [2.75, 3.05) is 0 Å². The molecular formula is C9H5F4NO3. The molecule has 0 fully saturated rings. The zero-order chi connectivity index (χ0) is 13.4. The number of hydrogen-bond acceptors (Lipinski definition) is 3. The van der Waals surface area contributed by atoms with Crippen molar-refractivity contribution >= 4 is 11.5 Å². The van der Waals surface area contributed by atoms with Gasteiger partial charge in [-0.1, -0.05) is 0 Å². The lowest BCUT2D eigenvalue weighted by molar-refractivity contribution is -0.387. The Morgan fingerprint density at radius 3 is 2.24 bits per heavy atom. The van der Waals surface area contributed by atoms with Gasteiger partial charge in [-0.05, 0) is 13.0 Å². The third-order valence-electron chi connectivity index (χ3n) is 1.96. The van der Waals surface area contributed by atoms with Crippen LogP contribution in [-0.4, -0.2) is 10.7 Å². The molecule has 0 unspecified atom stereocenters. The van der Waals surface area contributed by atoms with Crippen LogP contribution in [0.2, 0.25) is 0 Å². The molecular weight excluding hydrogens is 246 g/mol. The molecule has 92 valence electrons. The molecule has 0 heterocycles. The summed E-state index contributed by atoms with van der Waals surface area (Å²) in [5.74, 6) is -2.58. The summed E-state index contributed by atoms with van der Waals surface area (Å²) in [5.41, 5.74) is -3.76. The quantitative estimate of drug-likeness (QED) is 0.351. The summed E-state index contributed by atoms with van der Waals surface area (Å²) in [7, 11) is 0. The molecule has 8 heteroatoms. The van der Waals surface area contributed by atoms with Gasteiger partial charge in [-0.15, -0.1) is 0 Å². The number of carbonyl (C=O) groups excluding carboxylic acids is 1. The van der Waals surface area contributed by atoms with Gasteiger partial charge < -0.3 is 0 Å². The van der Waals surface area contributed by atoms with Gasteiger partial charge in [0.1, 0.15) is 0 Å². The van der Waals surface area contributed by atoms with Crippen LogP contribution in [0.1, 0.15) is 22.8 Å². The highest BCUT2D eigenvalue weighted by Gasteiger charge is 2.35. The van der Waals surface area contributed by atoms with E-state index in [4.69, 9.17) is 0 Å². The third-order valence-corrected chi connectivity index (χ3v) is 1.96. The highest BCUT2D eigenvalue weighted by molar-refractivity contribution is 5.95. The number of rotatable bonds is 2. The first-order valence-corrected chi connectivity index (χ1v) is 4.20. The predicted molar refractivity (Wildman–Crippen MR) is 48.1 cm³/mol. The Labute approximate surface area is 92.0 Å². The SMILES string of the molecule is CC(=O)c1cc(C(F)(F)F)cc([N+](=O)[O-])c1F. The van der Waals surface area contributed by atoms with E-state index >= 15 is 0 Å². The van der Waals surface area contributed by atoms with Crippen LogP contribution >= 0.6 is 0 Å². The molecule has 0 N–H and O–H groups in total. The summed E-state index contributed by atoms with van der Waals surface area (Å²) in [4.78, 5) is 19.9. The van der Waals surface area contributed by atoms with E-state index in [0.29, 0.717) is 0 Å². The van der Waals surface area contributed by atoms with Crippen molar-refractivity contribution in [2.24, 2.45) is 0 Å². The average molecular weight is 251 g/mol. The number of nitro groups is 1. The Balaban J connectivity index is 3.59. The van der Waals surface area contributed by atoms with Crippen LogP contribution in [-0.2, 0) is 6.18 Å². The predicted octanol–water partition coefficient (Wildman–Crippen LogP) is 2.96. The van der Waals surface area contributed by atoms with Gasteiger partial charge in [0.15, 0.2) is 5.78 Å². The van der Waals surface area contributed by atoms with Gasteiger partial charge in [-0.2, -0.15) is 17.6 Å². The smallest absolute Gasteiger partial charge is 0.294 e. The number of alkyl halides is 3. The first kappa shape index (κ1) is 13.1. The number of nitrogens with zero attached hydrogens (tertiary/aromatic N) is 1. The molecule has 0 spiro atoms. The van der Waals surface area contributed by atoms with Crippen molar-refractivity contribution in [2.45, 2.75) is 13.1 Å². The fraction of sp³-hybridized carbons (Fsp3) is 0.222. The minimum absolute atomic E-state index is 0.0573. The van der Waals surface area contributed by atoms with Crippen molar-refractivity contribution in [3.63, 3.8) is 0 Å². The Bertz CT molecular complexity index is 460. The van der Waals surface area contributed by atoms with E-state index in [1.165, 1.54) is 0 Å². The van der Waals surface area contributed by atoms with E-state index in [1.807, 2.05) is 0 Å². The molecule has 0 radical (unpaired) electrons. The molecule has 1 rings (SSSR count). The van der Waals surface area contributed by atoms with E-state index in [-0.39, 0.29) is 12.1 Å². The molecule has 1 aromatic rings. The number of ketones is 1. The van der Waals surface area contributed by atoms with E-state index in [1.54, 1.807) is 0 Å². The van der Waals surface area contributed by atoms with Crippen LogP contribution in [0.15, 0.2) is 12.1 Å². The number of benzene rings is 1. The monoisotopic (exact) mass is 251 g/mol. The van der Waals surface area contributed by atoms with Gasteiger partial charge in [-0.3, -0.25) is 14.9 Å². The van der Waals surface area contributed by atoms with E-state index in [9.17, 15) is 32.5 Å². The number of Topliss-reactive ketones (excluding diaryl/α,β-unsaturated/α-hetero) is 1. The molecule has 0 amide bonds. The van der Waals surface area contributed by atoms with E-state index in [2.05, 4.69) is 0 Å². The summed E-state index contributed by atoms with van der Waals surface area (Å²) < 4.78 is 50.4. The van der Waals surface area contributed by atoms with E-state index in [0.717, 1.165) is 6.92 Å².